The van der Waals surface area contributed by atoms with E-state index in [1.165, 1.54) is 12.8 Å². The Morgan fingerprint density at radius 3 is 2.42 bits per heavy atom. The quantitative estimate of drug-likeness (QED) is 0.605. The molecular weight excluding hydrogens is 422 g/mol. The van der Waals surface area contributed by atoms with Gasteiger partial charge in [-0.2, -0.15) is 0 Å². The van der Waals surface area contributed by atoms with Crippen LogP contribution in [0.4, 0.5) is 0 Å². The fourth-order valence-electron chi connectivity index (χ4n) is 5.12. The smallest absolute Gasteiger partial charge is 0.253 e. The standard InChI is InChI=1S/C23H31N7O3/c1-28-8-10-29(11-9-28)21(22-25-26-27-30(22)16-6-4-5-7-16)17-12-15-13-19(32-2)20(33-3)14-18(15)24-23(17)31/h12-14,16,21H,4-11H2,1-3H3,(H,24,31)/t21-/m0/s1. The summed E-state index contributed by atoms with van der Waals surface area (Å²) < 4.78 is 12.9. The largest absolute Gasteiger partial charge is 0.493 e. The maximum atomic E-state index is 13.4. The minimum Gasteiger partial charge on any atom is -0.493 e. The second-order valence-electron chi connectivity index (χ2n) is 9.01. The first-order valence-electron chi connectivity index (χ1n) is 11.6. The summed E-state index contributed by atoms with van der Waals surface area (Å²) in [7, 11) is 5.32. The molecule has 1 saturated carbocycles. The van der Waals surface area contributed by atoms with Gasteiger partial charge in [0.25, 0.3) is 5.56 Å². The van der Waals surface area contributed by atoms with E-state index < -0.39 is 0 Å². The van der Waals surface area contributed by atoms with Crippen molar-refractivity contribution < 1.29 is 9.47 Å². The number of benzene rings is 1. The van der Waals surface area contributed by atoms with Crippen LogP contribution >= 0.6 is 0 Å². The highest BCUT2D eigenvalue weighted by Crippen LogP contribution is 2.35. The molecule has 176 valence electrons. The fourth-order valence-corrected chi connectivity index (χ4v) is 5.12. The van der Waals surface area contributed by atoms with Gasteiger partial charge in [0.1, 0.15) is 6.04 Å². The van der Waals surface area contributed by atoms with Gasteiger partial charge in [0, 0.05) is 43.2 Å². The SMILES string of the molecule is COc1cc2cc([C@@H](c3nnnn3C3CCCC3)N3CCN(C)CC3)c(=O)[nH]c2cc1OC. The number of tetrazole rings is 1. The molecule has 1 saturated heterocycles. The van der Waals surface area contributed by atoms with E-state index in [1.54, 1.807) is 20.3 Å². The van der Waals surface area contributed by atoms with E-state index in [9.17, 15) is 4.79 Å². The Morgan fingerprint density at radius 2 is 1.73 bits per heavy atom. The third-order valence-corrected chi connectivity index (χ3v) is 7.01. The van der Waals surface area contributed by atoms with Crippen LogP contribution in [0.25, 0.3) is 10.9 Å². The van der Waals surface area contributed by atoms with Crippen molar-refractivity contribution in [3.63, 3.8) is 0 Å². The maximum Gasteiger partial charge on any atom is 0.253 e. The fraction of sp³-hybridized carbons (Fsp3) is 0.565. The van der Waals surface area contributed by atoms with Crippen molar-refractivity contribution in [2.75, 3.05) is 47.4 Å². The highest BCUT2D eigenvalue weighted by molar-refractivity contribution is 5.83. The summed E-state index contributed by atoms with van der Waals surface area (Å²) in [6, 6.07) is 5.61. The molecule has 2 fully saturated rings. The second kappa shape index (κ2) is 9.11. The van der Waals surface area contributed by atoms with E-state index in [-0.39, 0.29) is 17.6 Å². The van der Waals surface area contributed by atoms with Gasteiger partial charge >= 0.3 is 0 Å². The number of ether oxygens (including phenoxy) is 2. The van der Waals surface area contributed by atoms with Gasteiger partial charge < -0.3 is 19.4 Å². The van der Waals surface area contributed by atoms with Crippen molar-refractivity contribution in [1.82, 2.24) is 35.0 Å². The third kappa shape index (κ3) is 4.08. The molecule has 3 heterocycles. The monoisotopic (exact) mass is 453 g/mol. The third-order valence-electron chi connectivity index (χ3n) is 7.01. The number of piperazine rings is 1. The molecule has 0 bridgehead atoms. The molecule has 0 amide bonds. The number of H-pyrrole nitrogens is 1. The molecule has 33 heavy (non-hydrogen) atoms. The minimum absolute atomic E-state index is 0.139. The van der Waals surface area contributed by atoms with Gasteiger partial charge in [-0.15, -0.1) is 5.10 Å². The van der Waals surface area contributed by atoms with Gasteiger partial charge in [0.15, 0.2) is 17.3 Å². The first-order valence-corrected chi connectivity index (χ1v) is 11.6. The van der Waals surface area contributed by atoms with Crippen LogP contribution in [0.15, 0.2) is 23.0 Å². The summed E-state index contributed by atoms with van der Waals surface area (Å²) in [5.41, 5.74) is 1.21. The Labute approximate surface area is 192 Å². The molecule has 2 aliphatic rings. The molecule has 1 aromatic carbocycles. The number of aromatic nitrogens is 5. The lowest BCUT2D eigenvalue weighted by molar-refractivity contribution is 0.120. The molecule has 10 heteroatoms. The lowest BCUT2D eigenvalue weighted by atomic mass is 10.0. The Kier molecular flexibility index (Phi) is 6.03. The van der Waals surface area contributed by atoms with Gasteiger partial charge in [-0.05, 0) is 42.4 Å². The Balaban J connectivity index is 1.64. The number of hydrogen-bond acceptors (Lipinski definition) is 8. The van der Waals surface area contributed by atoms with E-state index in [4.69, 9.17) is 9.47 Å². The van der Waals surface area contributed by atoms with Crippen LogP contribution in [0.5, 0.6) is 11.5 Å². The summed E-state index contributed by atoms with van der Waals surface area (Å²) in [4.78, 5) is 21.1. The van der Waals surface area contributed by atoms with Crippen LogP contribution in [0.2, 0.25) is 0 Å². The molecule has 1 atom stereocenters. The summed E-state index contributed by atoms with van der Waals surface area (Å²) in [6.07, 6.45) is 4.50. The number of pyridine rings is 1. The van der Waals surface area contributed by atoms with Crippen LogP contribution < -0.4 is 15.0 Å². The maximum absolute atomic E-state index is 13.4. The molecule has 3 aromatic rings. The molecule has 0 spiro atoms. The van der Waals surface area contributed by atoms with Crippen LogP contribution in [-0.4, -0.2) is 82.4 Å². The Morgan fingerprint density at radius 1 is 1.03 bits per heavy atom. The zero-order valence-corrected chi connectivity index (χ0v) is 19.5. The van der Waals surface area contributed by atoms with Gasteiger partial charge in [0.2, 0.25) is 0 Å². The van der Waals surface area contributed by atoms with E-state index in [1.807, 2.05) is 16.8 Å². The average molecular weight is 454 g/mol. The number of methoxy groups -OCH3 is 2. The highest BCUT2D eigenvalue weighted by atomic mass is 16.5. The van der Waals surface area contributed by atoms with Crippen LogP contribution in [0.1, 0.15) is 49.2 Å². The van der Waals surface area contributed by atoms with Crippen LogP contribution in [-0.2, 0) is 0 Å². The molecule has 0 radical (unpaired) electrons. The Bertz CT molecular complexity index is 1180. The number of fused-ring (bicyclic) bond motifs is 1. The normalized spacial score (nSPS) is 19.2. The van der Waals surface area contributed by atoms with E-state index in [0.717, 1.165) is 50.2 Å². The van der Waals surface area contributed by atoms with Gasteiger partial charge in [-0.25, -0.2) is 4.68 Å². The molecular formula is C23H31N7O3. The summed E-state index contributed by atoms with van der Waals surface area (Å²) in [6.45, 7) is 3.53. The summed E-state index contributed by atoms with van der Waals surface area (Å²) in [5, 5.41) is 13.7. The van der Waals surface area contributed by atoms with E-state index >= 15 is 0 Å². The van der Waals surface area contributed by atoms with E-state index in [0.29, 0.717) is 22.6 Å². The molecule has 5 rings (SSSR count). The molecule has 0 unspecified atom stereocenters. The number of rotatable bonds is 6. The lowest BCUT2D eigenvalue weighted by Crippen LogP contribution is -2.47. The van der Waals surface area contributed by atoms with Crippen LogP contribution in [0.3, 0.4) is 0 Å². The number of nitrogens with zero attached hydrogens (tertiary/aromatic N) is 6. The first kappa shape index (κ1) is 21.8. The topological polar surface area (TPSA) is 101 Å². The minimum atomic E-state index is -0.324. The summed E-state index contributed by atoms with van der Waals surface area (Å²) in [5.74, 6) is 1.95. The van der Waals surface area contributed by atoms with Crippen molar-refractivity contribution >= 4 is 10.9 Å². The van der Waals surface area contributed by atoms with Gasteiger partial charge in [-0.3, -0.25) is 9.69 Å². The van der Waals surface area contributed by atoms with Crippen molar-refractivity contribution in [2.45, 2.75) is 37.8 Å². The summed E-state index contributed by atoms with van der Waals surface area (Å²) >= 11 is 0. The molecule has 1 aliphatic heterocycles. The zero-order chi connectivity index (χ0) is 22.9. The zero-order valence-electron chi connectivity index (χ0n) is 19.5. The predicted molar refractivity (Wildman–Crippen MR) is 124 cm³/mol. The van der Waals surface area contributed by atoms with Crippen molar-refractivity contribution in [1.29, 1.82) is 0 Å². The van der Waals surface area contributed by atoms with Crippen molar-refractivity contribution in [3.8, 4) is 11.5 Å². The van der Waals surface area contributed by atoms with E-state index in [2.05, 4.69) is 37.4 Å². The molecule has 2 aromatic heterocycles. The number of hydrogen-bond donors (Lipinski definition) is 1. The lowest BCUT2D eigenvalue weighted by Gasteiger charge is -2.37. The first-order chi connectivity index (χ1) is 16.1. The predicted octanol–water partition coefficient (Wildman–Crippen LogP) is 1.98. The Hall–Kier alpha value is -2.98. The number of nitrogens with one attached hydrogen (secondary N) is 1. The van der Waals surface area contributed by atoms with Crippen molar-refractivity contribution in [3.05, 3.63) is 39.9 Å². The van der Waals surface area contributed by atoms with Crippen LogP contribution in [0, 0.1) is 0 Å². The number of aromatic amines is 1. The molecule has 10 nitrogen and oxygen atoms in total. The average Bonchev–Trinajstić information content (AvgIpc) is 3.52. The van der Waals surface area contributed by atoms with Crippen molar-refractivity contribution in [2.24, 2.45) is 0 Å². The molecule has 1 aliphatic carbocycles. The van der Waals surface area contributed by atoms with Gasteiger partial charge in [-0.1, -0.05) is 12.8 Å². The highest BCUT2D eigenvalue weighted by Gasteiger charge is 2.34. The molecule has 1 N–H and O–H groups in total. The second-order valence-corrected chi connectivity index (χ2v) is 9.01. The van der Waals surface area contributed by atoms with Gasteiger partial charge in [0.05, 0.1) is 25.8 Å². The number of likely N-dealkylation sites (N-methyl/N-ethyl adjacent to an activating group) is 1.